The van der Waals surface area contributed by atoms with E-state index in [-0.39, 0.29) is 0 Å². The number of aromatic nitrogens is 2. The lowest BCUT2D eigenvalue weighted by molar-refractivity contribution is 0.836. The lowest BCUT2D eigenvalue weighted by atomic mass is 10.4. The van der Waals surface area contributed by atoms with Crippen LogP contribution in [0.2, 0.25) is 0 Å². The first-order valence-corrected chi connectivity index (χ1v) is 5.46. The standard InChI is InChI=1S/C9H12N4S/c1-13(7-3-6-10)8-4-5-9(14-2)12-11-8/h4-5H,3,7H2,1-2H3. The van der Waals surface area contributed by atoms with E-state index in [1.54, 1.807) is 11.8 Å². The van der Waals surface area contributed by atoms with Gasteiger partial charge in [-0.15, -0.1) is 22.0 Å². The van der Waals surface area contributed by atoms with Gasteiger partial charge in [-0.3, -0.25) is 0 Å². The Balaban J connectivity index is 2.62. The normalized spacial score (nSPS) is 9.50. The molecule has 1 rings (SSSR count). The van der Waals surface area contributed by atoms with Crippen LogP contribution in [0, 0.1) is 11.3 Å². The van der Waals surface area contributed by atoms with Crippen LogP contribution in [0.15, 0.2) is 17.2 Å². The third-order valence-electron chi connectivity index (χ3n) is 1.79. The van der Waals surface area contributed by atoms with Gasteiger partial charge in [-0.05, 0) is 18.4 Å². The van der Waals surface area contributed by atoms with Gasteiger partial charge in [0.05, 0.1) is 12.5 Å². The number of anilines is 1. The minimum atomic E-state index is 0.502. The summed E-state index contributed by atoms with van der Waals surface area (Å²) in [4.78, 5) is 1.92. The molecule has 0 fully saturated rings. The van der Waals surface area contributed by atoms with Crippen LogP contribution in [-0.4, -0.2) is 30.0 Å². The van der Waals surface area contributed by atoms with Crippen molar-refractivity contribution in [2.24, 2.45) is 0 Å². The molecule has 0 aromatic carbocycles. The summed E-state index contributed by atoms with van der Waals surface area (Å²) in [7, 11) is 1.90. The minimum Gasteiger partial charge on any atom is -0.357 e. The topological polar surface area (TPSA) is 52.8 Å². The van der Waals surface area contributed by atoms with E-state index in [2.05, 4.69) is 16.3 Å². The second-order valence-corrected chi connectivity index (χ2v) is 3.59. The molecule has 0 radical (unpaired) electrons. The number of rotatable bonds is 4. The molecule has 0 unspecified atom stereocenters. The summed E-state index contributed by atoms with van der Waals surface area (Å²) in [6, 6.07) is 5.94. The second-order valence-electron chi connectivity index (χ2n) is 2.76. The van der Waals surface area contributed by atoms with Gasteiger partial charge in [-0.1, -0.05) is 0 Å². The SMILES string of the molecule is CSc1ccc(N(C)CCC#N)nn1. The molecule has 0 saturated carbocycles. The van der Waals surface area contributed by atoms with E-state index in [9.17, 15) is 0 Å². The second kappa shape index (κ2) is 5.45. The molecular weight excluding hydrogens is 196 g/mol. The summed E-state index contributed by atoms with van der Waals surface area (Å²) in [6.07, 6.45) is 2.46. The Morgan fingerprint density at radius 2 is 2.29 bits per heavy atom. The predicted molar refractivity (Wildman–Crippen MR) is 57.3 cm³/mol. The molecule has 0 aliphatic carbocycles. The molecule has 0 bridgehead atoms. The Labute approximate surface area is 87.9 Å². The van der Waals surface area contributed by atoms with Crippen LogP contribution in [0.1, 0.15) is 6.42 Å². The van der Waals surface area contributed by atoms with E-state index in [4.69, 9.17) is 5.26 Å². The summed E-state index contributed by atoms with van der Waals surface area (Å²) in [5.74, 6) is 0.804. The van der Waals surface area contributed by atoms with E-state index in [1.807, 2.05) is 30.3 Å². The van der Waals surface area contributed by atoms with Crippen LogP contribution < -0.4 is 4.90 Å². The zero-order valence-electron chi connectivity index (χ0n) is 8.27. The van der Waals surface area contributed by atoms with Gasteiger partial charge in [0.25, 0.3) is 0 Å². The Morgan fingerprint density at radius 1 is 1.50 bits per heavy atom. The first kappa shape index (κ1) is 10.8. The van der Waals surface area contributed by atoms with E-state index >= 15 is 0 Å². The first-order chi connectivity index (χ1) is 6.77. The summed E-state index contributed by atoms with van der Waals surface area (Å²) < 4.78 is 0. The van der Waals surface area contributed by atoms with E-state index in [0.717, 1.165) is 10.8 Å². The van der Waals surface area contributed by atoms with Gasteiger partial charge in [0.15, 0.2) is 5.82 Å². The van der Waals surface area contributed by atoms with Crippen LogP contribution in [0.3, 0.4) is 0 Å². The average molecular weight is 208 g/mol. The Morgan fingerprint density at radius 3 is 2.79 bits per heavy atom. The summed E-state index contributed by atoms with van der Waals surface area (Å²) in [5, 5.41) is 17.4. The third-order valence-corrected chi connectivity index (χ3v) is 2.42. The van der Waals surface area contributed by atoms with Crippen molar-refractivity contribution in [2.45, 2.75) is 11.4 Å². The molecule has 0 amide bonds. The van der Waals surface area contributed by atoms with Crippen molar-refractivity contribution in [3.8, 4) is 6.07 Å². The summed E-state index contributed by atoms with van der Waals surface area (Å²) >= 11 is 1.56. The highest BCUT2D eigenvalue weighted by atomic mass is 32.2. The molecule has 1 aromatic rings. The van der Waals surface area contributed by atoms with Gasteiger partial charge < -0.3 is 4.90 Å². The highest BCUT2D eigenvalue weighted by molar-refractivity contribution is 7.98. The zero-order valence-corrected chi connectivity index (χ0v) is 9.08. The van der Waals surface area contributed by atoms with Crippen LogP contribution in [0.5, 0.6) is 0 Å². The lowest BCUT2D eigenvalue weighted by Gasteiger charge is -2.15. The first-order valence-electron chi connectivity index (χ1n) is 4.23. The number of nitrogens with zero attached hydrogens (tertiary/aromatic N) is 4. The molecule has 0 N–H and O–H groups in total. The van der Waals surface area contributed by atoms with E-state index in [1.165, 1.54) is 0 Å². The maximum absolute atomic E-state index is 8.43. The molecule has 4 nitrogen and oxygen atoms in total. The van der Waals surface area contributed by atoms with Crippen molar-refractivity contribution < 1.29 is 0 Å². The smallest absolute Gasteiger partial charge is 0.151 e. The van der Waals surface area contributed by atoms with E-state index < -0.39 is 0 Å². The third kappa shape index (κ3) is 2.89. The monoisotopic (exact) mass is 208 g/mol. The lowest BCUT2D eigenvalue weighted by Crippen LogP contribution is -2.19. The van der Waals surface area contributed by atoms with Gasteiger partial charge in [0.2, 0.25) is 0 Å². The highest BCUT2D eigenvalue weighted by Gasteiger charge is 2.02. The largest absolute Gasteiger partial charge is 0.357 e. The van der Waals surface area contributed by atoms with Gasteiger partial charge in [0, 0.05) is 13.6 Å². The van der Waals surface area contributed by atoms with Crippen LogP contribution >= 0.6 is 11.8 Å². The van der Waals surface area contributed by atoms with Crippen LogP contribution in [0.25, 0.3) is 0 Å². The minimum absolute atomic E-state index is 0.502. The average Bonchev–Trinajstić information content (AvgIpc) is 2.26. The number of nitriles is 1. The zero-order chi connectivity index (χ0) is 10.4. The maximum atomic E-state index is 8.43. The van der Waals surface area contributed by atoms with E-state index in [0.29, 0.717) is 13.0 Å². The molecule has 0 saturated heterocycles. The molecule has 0 aliphatic heterocycles. The van der Waals surface area contributed by atoms with Crippen molar-refractivity contribution in [3.05, 3.63) is 12.1 Å². The van der Waals surface area contributed by atoms with Crippen LogP contribution in [0.4, 0.5) is 5.82 Å². The molecule has 74 valence electrons. The molecular formula is C9H12N4S. The van der Waals surface area contributed by atoms with Crippen molar-refractivity contribution in [1.82, 2.24) is 10.2 Å². The number of hydrogen-bond acceptors (Lipinski definition) is 5. The van der Waals surface area contributed by atoms with Gasteiger partial charge in [0.1, 0.15) is 5.03 Å². The van der Waals surface area contributed by atoms with Gasteiger partial charge in [-0.2, -0.15) is 5.26 Å². The highest BCUT2D eigenvalue weighted by Crippen LogP contribution is 2.13. The fourth-order valence-corrected chi connectivity index (χ4v) is 1.28. The number of hydrogen-bond donors (Lipinski definition) is 0. The van der Waals surface area contributed by atoms with Crippen LogP contribution in [-0.2, 0) is 0 Å². The van der Waals surface area contributed by atoms with Crippen molar-refractivity contribution in [2.75, 3.05) is 24.7 Å². The number of thioether (sulfide) groups is 1. The summed E-state index contributed by atoms with van der Waals surface area (Å²) in [6.45, 7) is 0.684. The molecule has 1 aromatic heterocycles. The molecule has 5 heteroatoms. The predicted octanol–water partition coefficient (Wildman–Crippen LogP) is 1.55. The quantitative estimate of drug-likeness (QED) is 0.703. The fourth-order valence-electron chi connectivity index (χ4n) is 0.958. The Kier molecular flexibility index (Phi) is 4.20. The summed E-state index contributed by atoms with van der Waals surface area (Å²) in [5.41, 5.74) is 0. The van der Waals surface area contributed by atoms with Gasteiger partial charge >= 0.3 is 0 Å². The van der Waals surface area contributed by atoms with Crippen molar-refractivity contribution in [3.63, 3.8) is 0 Å². The molecule has 0 aliphatic rings. The van der Waals surface area contributed by atoms with Gasteiger partial charge in [-0.25, -0.2) is 0 Å². The molecule has 1 heterocycles. The molecule has 0 atom stereocenters. The Hall–Kier alpha value is -1.28. The molecule has 0 spiro atoms. The maximum Gasteiger partial charge on any atom is 0.151 e. The van der Waals surface area contributed by atoms with Crippen molar-refractivity contribution >= 4 is 17.6 Å². The van der Waals surface area contributed by atoms with Crippen molar-refractivity contribution in [1.29, 1.82) is 5.26 Å². The molecule has 14 heavy (non-hydrogen) atoms. The fraction of sp³-hybridized carbons (Fsp3) is 0.444. The Bertz CT molecular complexity index is 317.